The lowest BCUT2D eigenvalue weighted by molar-refractivity contribution is 0.126. The Labute approximate surface area is 148 Å². The summed E-state index contributed by atoms with van der Waals surface area (Å²) < 4.78 is 5.80. The molecule has 25 heavy (non-hydrogen) atoms. The number of oxazole rings is 1. The molecule has 5 nitrogen and oxygen atoms in total. The van der Waals surface area contributed by atoms with Gasteiger partial charge in [-0.05, 0) is 36.7 Å². The summed E-state index contributed by atoms with van der Waals surface area (Å²) in [5.74, 6) is 0.858. The predicted octanol–water partition coefficient (Wildman–Crippen LogP) is 2.97. The van der Waals surface area contributed by atoms with E-state index in [0.717, 1.165) is 69.1 Å². The summed E-state index contributed by atoms with van der Waals surface area (Å²) >= 11 is 0. The molecule has 2 aromatic heterocycles. The number of piperazine rings is 1. The van der Waals surface area contributed by atoms with E-state index in [0.29, 0.717) is 0 Å². The van der Waals surface area contributed by atoms with Gasteiger partial charge in [-0.3, -0.25) is 9.88 Å². The molecule has 0 amide bonds. The second kappa shape index (κ2) is 7.76. The van der Waals surface area contributed by atoms with Gasteiger partial charge >= 0.3 is 0 Å². The largest absolute Gasteiger partial charge is 0.441 e. The van der Waals surface area contributed by atoms with E-state index in [1.807, 2.05) is 42.7 Å². The molecule has 0 unspecified atom stereocenters. The fourth-order valence-corrected chi connectivity index (χ4v) is 3.40. The van der Waals surface area contributed by atoms with Crippen LogP contribution in [0.2, 0.25) is 0 Å². The molecule has 0 spiro atoms. The van der Waals surface area contributed by atoms with Gasteiger partial charge in [0, 0.05) is 51.5 Å². The van der Waals surface area contributed by atoms with Gasteiger partial charge in [0.25, 0.3) is 0 Å². The van der Waals surface area contributed by atoms with Crippen LogP contribution < -0.4 is 0 Å². The normalized spacial score (nSPS) is 16.5. The van der Waals surface area contributed by atoms with E-state index in [1.54, 1.807) is 0 Å². The lowest BCUT2D eigenvalue weighted by Gasteiger charge is -2.34. The van der Waals surface area contributed by atoms with Crippen molar-refractivity contribution in [2.75, 3.05) is 32.7 Å². The number of rotatable bonds is 6. The third-order valence-corrected chi connectivity index (χ3v) is 4.80. The maximum absolute atomic E-state index is 5.80. The predicted molar refractivity (Wildman–Crippen MR) is 98.3 cm³/mol. The highest BCUT2D eigenvalue weighted by molar-refractivity contribution is 5.72. The Morgan fingerprint density at radius 3 is 2.60 bits per heavy atom. The number of hydrogen-bond donors (Lipinski definition) is 0. The zero-order valence-electron chi connectivity index (χ0n) is 14.5. The van der Waals surface area contributed by atoms with Crippen molar-refractivity contribution in [3.8, 4) is 0 Å². The highest BCUT2D eigenvalue weighted by Crippen LogP contribution is 2.16. The topological polar surface area (TPSA) is 45.4 Å². The van der Waals surface area contributed by atoms with Crippen LogP contribution in [-0.4, -0.2) is 52.5 Å². The minimum atomic E-state index is 0.858. The van der Waals surface area contributed by atoms with Crippen molar-refractivity contribution in [3.05, 3.63) is 60.2 Å². The van der Waals surface area contributed by atoms with Crippen LogP contribution in [0.3, 0.4) is 0 Å². The molecule has 5 heteroatoms. The van der Waals surface area contributed by atoms with Gasteiger partial charge in [0.1, 0.15) is 5.52 Å². The Morgan fingerprint density at radius 1 is 0.960 bits per heavy atom. The van der Waals surface area contributed by atoms with E-state index >= 15 is 0 Å². The van der Waals surface area contributed by atoms with Gasteiger partial charge in [0.15, 0.2) is 11.5 Å². The fourth-order valence-electron chi connectivity index (χ4n) is 3.40. The fraction of sp³-hybridized carbons (Fsp3) is 0.400. The van der Waals surface area contributed by atoms with Crippen molar-refractivity contribution < 1.29 is 4.42 Å². The van der Waals surface area contributed by atoms with Crippen LogP contribution in [0.4, 0.5) is 0 Å². The number of para-hydroxylation sites is 2. The first-order valence-corrected chi connectivity index (χ1v) is 9.05. The molecule has 3 heterocycles. The zero-order chi connectivity index (χ0) is 16.9. The number of benzene rings is 1. The van der Waals surface area contributed by atoms with Gasteiger partial charge in [0.05, 0.1) is 0 Å². The number of aromatic nitrogens is 2. The van der Waals surface area contributed by atoms with Crippen molar-refractivity contribution >= 4 is 11.1 Å². The molecule has 130 valence electrons. The summed E-state index contributed by atoms with van der Waals surface area (Å²) in [5.41, 5.74) is 3.15. The van der Waals surface area contributed by atoms with Crippen LogP contribution >= 0.6 is 0 Å². The molecule has 4 rings (SSSR count). The van der Waals surface area contributed by atoms with Crippen LogP contribution in [0.15, 0.2) is 53.2 Å². The minimum absolute atomic E-state index is 0.858. The summed E-state index contributed by atoms with van der Waals surface area (Å²) in [6.45, 7) is 6.63. The average molecular weight is 336 g/mol. The third kappa shape index (κ3) is 4.24. The Kier molecular flexibility index (Phi) is 5.04. The molecule has 0 N–H and O–H groups in total. The van der Waals surface area contributed by atoms with Crippen LogP contribution in [0.1, 0.15) is 17.9 Å². The smallest absolute Gasteiger partial charge is 0.195 e. The molecule has 0 bridgehead atoms. The van der Waals surface area contributed by atoms with Crippen LogP contribution in [-0.2, 0) is 13.0 Å². The van der Waals surface area contributed by atoms with E-state index in [9.17, 15) is 0 Å². The maximum atomic E-state index is 5.80. The molecule has 1 aromatic carbocycles. The molecule has 1 fully saturated rings. The van der Waals surface area contributed by atoms with E-state index in [4.69, 9.17) is 4.42 Å². The summed E-state index contributed by atoms with van der Waals surface area (Å²) in [6.07, 6.45) is 5.80. The van der Waals surface area contributed by atoms with Gasteiger partial charge in [-0.15, -0.1) is 0 Å². The van der Waals surface area contributed by atoms with E-state index < -0.39 is 0 Å². The second-order valence-electron chi connectivity index (χ2n) is 6.66. The van der Waals surface area contributed by atoms with Crippen molar-refractivity contribution in [2.24, 2.45) is 0 Å². The summed E-state index contributed by atoms with van der Waals surface area (Å²) in [6, 6.07) is 12.1. The molecule has 1 aliphatic rings. The maximum Gasteiger partial charge on any atom is 0.195 e. The third-order valence-electron chi connectivity index (χ3n) is 4.80. The molecular weight excluding hydrogens is 312 g/mol. The number of aryl methyl sites for hydroxylation is 1. The standard InChI is InChI=1S/C20H24N4O/c1-2-7-19-18(6-1)22-20(25-19)8-4-10-23-11-13-24(14-12-23)16-17-5-3-9-21-15-17/h1-3,5-7,9,15H,4,8,10-14,16H2. The second-order valence-corrected chi connectivity index (χ2v) is 6.66. The number of hydrogen-bond acceptors (Lipinski definition) is 5. The van der Waals surface area contributed by atoms with Crippen molar-refractivity contribution in [1.82, 2.24) is 19.8 Å². The first kappa shape index (κ1) is 16.2. The number of nitrogens with zero attached hydrogens (tertiary/aromatic N) is 4. The minimum Gasteiger partial charge on any atom is -0.441 e. The molecule has 0 aliphatic carbocycles. The van der Waals surface area contributed by atoms with Crippen molar-refractivity contribution in [1.29, 1.82) is 0 Å². The molecule has 0 radical (unpaired) electrons. The lowest BCUT2D eigenvalue weighted by atomic mass is 10.2. The Hall–Kier alpha value is -2.24. The van der Waals surface area contributed by atoms with E-state index in [1.165, 1.54) is 5.56 Å². The number of pyridine rings is 1. The van der Waals surface area contributed by atoms with E-state index in [2.05, 4.69) is 25.8 Å². The molecular formula is C20H24N4O. The first-order valence-electron chi connectivity index (χ1n) is 9.05. The molecule has 1 aliphatic heterocycles. The van der Waals surface area contributed by atoms with Crippen molar-refractivity contribution in [3.63, 3.8) is 0 Å². The zero-order valence-corrected chi connectivity index (χ0v) is 14.5. The molecule has 0 saturated carbocycles. The monoisotopic (exact) mass is 336 g/mol. The molecule has 3 aromatic rings. The first-order chi connectivity index (χ1) is 12.4. The van der Waals surface area contributed by atoms with Crippen molar-refractivity contribution in [2.45, 2.75) is 19.4 Å². The summed E-state index contributed by atoms with van der Waals surface area (Å²) in [5, 5.41) is 0. The van der Waals surface area contributed by atoms with Crippen LogP contribution in [0.25, 0.3) is 11.1 Å². The lowest BCUT2D eigenvalue weighted by Crippen LogP contribution is -2.46. The van der Waals surface area contributed by atoms with Gasteiger partial charge in [-0.1, -0.05) is 18.2 Å². The Balaban J connectivity index is 1.20. The van der Waals surface area contributed by atoms with Crippen LogP contribution in [0.5, 0.6) is 0 Å². The van der Waals surface area contributed by atoms with Gasteiger partial charge in [-0.25, -0.2) is 4.98 Å². The van der Waals surface area contributed by atoms with Gasteiger partial charge in [-0.2, -0.15) is 0 Å². The molecule has 1 saturated heterocycles. The molecule has 0 atom stereocenters. The van der Waals surface area contributed by atoms with E-state index in [-0.39, 0.29) is 0 Å². The average Bonchev–Trinajstić information content (AvgIpc) is 3.07. The Morgan fingerprint density at radius 2 is 1.80 bits per heavy atom. The quantitative estimate of drug-likeness (QED) is 0.692. The summed E-state index contributed by atoms with van der Waals surface area (Å²) in [7, 11) is 0. The SMILES string of the molecule is c1cncc(CN2CCN(CCCc3nc4ccccc4o3)CC2)c1. The Bertz CT molecular complexity index is 761. The highest BCUT2D eigenvalue weighted by atomic mass is 16.3. The number of fused-ring (bicyclic) bond motifs is 1. The highest BCUT2D eigenvalue weighted by Gasteiger charge is 2.17. The van der Waals surface area contributed by atoms with Gasteiger partial charge < -0.3 is 9.32 Å². The van der Waals surface area contributed by atoms with Gasteiger partial charge in [0.2, 0.25) is 0 Å². The van der Waals surface area contributed by atoms with Crippen LogP contribution in [0, 0.1) is 0 Å². The summed E-state index contributed by atoms with van der Waals surface area (Å²) in [4.78, 5) is 13.8.